The van der Waals surface area contributed by atoms with Gasteiger partial charge in [0.2, 0.25) is 5.78 Å². The lowest BCUT2D eigenvalue weighted by Crippen LogP contribution is -2.54. The van der Waals surface area contributed by atoms with Crippen LogP contribution in [0.3, 0.4) is 0 Å². The fourth-order valence-electron chi connectivity index (χ4n) is 8.21. The minimum absolute atomic E-state index is 0.0909. The van der Waals surface area contributed by atoms with E-state index in [2.05, 4.69) is 19.9 Å². The number of aliphatic hydroxyl groups is 1. The van der Waals surface area contributed by atoms with E-state index in [1.165, 1.54) is 37.7 Å². The molecule has 4 saturated carbocycles. The van der Waals surface area contributed by atoms with Gasteiger partial charge in [-0.05, 0) is 104 Å². The highest BCUT2D eigenvalue weighted by atomic mass is 16.3. The zero-order chi connectivity index (χ0) is 19.3. The smallest absolute Gasteiger partial charge is 0.201 e. The standard InChI is InChI=1S/C25H34O3/c1-24-10-9-19-17(18(24)7-8-22(24)26)6-5-16-12-20-15(13-25(16,19)2)11-21(28-20)23(27)14-3-4-14/h11,14,16-19,22,26H,3-10,12-13H2,1-2H3/t16-,17?,18?,19?,22-,24-,25-/m0/s1. The minimum atomic E-state index is -0.0909. The summed E-state index contributed by atoms with van der Waals surface area (Å²) in [5.74, 6) is 5.17. The quantitative estimate of drug-likeness (QED) is 0.716. The molecule has 0 bridgehead atoms. The lowest BCUT2D eigenvalue weighted by atomic mass is 9.45. The molecule has 4 fully saturated rings. The summed E-state index contributed by atoms with van der Waals surface area (Å²) in [6, 6.07) is 2.10. The van der Waals surface area contributed by atoms with E-state index in [0.29, 0.717) is 23.0 Å². The molecule has 0 aliphatic heterocycles. The predicted molar refractivity (Wildman–Crippen MR) is 107 cm³/mol. The summed E-state index contributed by atoms with van der Waals surface area (Å²) in [7, 11) is 0. The van der Waals surface area contributed by atoms with Crippen LogP contribution in [-0.2, 0) is 12.8 Å². The molecule has 1 aromatic rings. The highest BCUT2D eigenvalue weighted by Gasteiger charge is 2.60. The van der Waals surface area contributed by atoms with Crippen molar-refractivity contribution in [3.63, 3.8) is 0 Å². The van der Waals surface area contributed by atoms with Crippen LogP contribution < -0.4 is 0 Å². The number of fused-ring (bicyclic) bond motifs is 6. The van der Waals surface area contributed by atoms with Crippen LogP contribution in [0.5, 0.6) is 0 Å². The number of Topliss-reactive ketones (excluding diaryl/α,β-unsaturated/α-hetero) is 1. The zero-order valence-electron chi connectivity index (χ0n) is 17.4. The first-order chi connectivity index (χ1) is 13.4. The molecule has 5 aliphatic rings. The Kier molecular flexibility index (Phi) is 3.64. The van der Waals surface area contributed by atoms with Gasteiger partial charge in [-0.25, -0.2) is 0 Å². The number of rotatable bonds is 2. The van der Waals surface area contributed by atoms with Gasteiger partial charge in [-0.15, -0.1) is 0 Å². The van der Waals surface area contributed by atoms with Crippen LogP contribution in [0.15, 0.2) is 10.5 Å². The molecule has 3 unspecified atom stereocenters. The molecule has 0 amide bonds. The summed E-state index contributed by atoms with van der Waals surface area (Å²) in [5, 5.41) is 10.7. The number of hydrogen-bond acceptors (Lipinski definition) is 3. The van der Waals surface area contributed by atoms with E-state index >= 15 is 0 Å². The van der Waals surface area contributed by atoms with Gasteiger partial charge in [0.1, 0.15) is 5.76 Å². The van der Waals surface area contributed by atoms with Gasteiger partial charge in [0, 0.05) is 12.3 Å². The summed E-state index contributed by atoms with van der Waals surface area (Å²) in [6.45, 7) is 4.91. The van der Waals surface area contributed by atoms with Crippen molar-refractivity contribution in [3.8, 4) is 0 Å². The SMILES string of the molecule is C[C@]12CCC3C(CC[C@H]4Cc5oc(C(=O)C6CC6)cc5C[C@]34C)C1CC[C@@H]2O. The van der Waals surface area contributed by atoms with E-state index in [4.69, 9.17) is 4.42 Å². The lowest BCUT2D eigenvalue weighted by molar-refractivity contribution is -0.112. The van der Waals surface area contributed by atoms with Crippen molar-refractivity contribution in [1.82, 2.24) is 0 Å². The van der Waals surface area contributed by atoms with Crippen LogP contribution in [-0.4, -0.2) is 17.0 Å². The topological polar surface area (TPSA) is 50.4 Å². The number of carbonyl (C=O) groups excluding carboxylic acids is 1. The molecule has 28 heavy (non-hydrogen) atoms. The molecule has 5 aliphatic carbocycles. The Balaban J connectivity index is 1.31. The van der Waals surface area contributed by atoms with Gasteiger partial charge in [-0.1, -0.05) is 13.8 Å². The summed E-state index contributed by atoms with van der Waals surface area (Å²) in [5.41, 5.74) is 1.81. The van der Waals surface area contributed by atoms with E-state index < -0.39 is 0 Å². The Morgan fingerprint density at radius 2 is 1.82 bits per heavy atom. The van der Waals surface area contributed by atoms with E-state index in [1.807, 2.05) is 0 Å². The van der Waals surface area contributed by atoms with Gasteiger partial charge in [0.15, 0.2) is 5.76 Å². The first kappa shape index (κ1) is 17.7. The van der Waals surface area contributed by atoms with Crippen molar-refractivity contribution in [3.05, 3.63) is 23.2 Å². The number of furan rings is 1. The molecule has 0 radical (unpaired) electrons. The molecule has 1 aromatic heterocycles. The van der Waals surface area contributed by atoms with Gasteiger partial charge >= 0.3 is 0 Å². The first-order valence-electron chi connectivity index (χ1n) is 11.7. The molecule has 3 heteroatoms. The maximum absolute atomic E-state index is 12.5. The van der Waals surface area contributed by atoms with Crippen LogP contribution in [0.2, 0.25) is 0 Å². The van der Waals surface area contributed by atoms with Crippen LogP contribution in [0.4, 0.5) is 0 Å². The Labute approximate surface area is 168 Å². The Morgan fingerprint density at radius 3 is 2.61 bits per heavy atom. The van der Waals surface area contributed by atoms with E-state index in [9.17, 15) is 9.90 Å². The maximum atomic E-state index is 12.5. The second-order valence-corrected chi connectivity index (χ2v) is 11.4. The number of ketones is 1. The molecule has 1 heterocycles. The third-order valence-electron chi connectivity index (χ3n) is 10.1. The van der Waals surface area contributed by atoms with Crippen molar-refractivity contribution in [2.24, 2.45) is 40.4 Å². The third kappa shape index (κ3) is 2.29. The molecule has 152 valence electrons. The highest BCUT2D eigenvalue weighted by molar-refractivity contribution is 5.97. The summed E-state index contributed by atoms with van der Waals surface area (Å²) >= 11 is 0. The monoisotopic (exact) mass is 382 g/mol. The fraction of sp³-hybridized carbons (Fsp3) is 0.800. The number of aliphatic hydroxyl groups excluding tert-OH is 1. The van der Waals surface area contributed by atoms with Gasteiger partial charge < -0.3 is 9.52 Å². The van der Waals surface area contributed by atoms with Gasteiger partial charge in [-0.3, -0.25) is 4.79 Å². The largest absolute Gasteiger partial charge is 0.458 e. The van der Waals surface area contributed by atoms with Crippen LogP contribution in [0.25, 0.3) is 0 Å². The Morgan fingerprint density at radius 1 is 1.04 bits per heavy atom. The second kappa shape index (κ2) is 5.74. The lowest BCUT2D eigenvalue weighted by Gasteiger charge is -2.59. The van der Waals surface area contributed by atoms with Crippen molar-refractivity contribution < 1.29 is 14.3 Å². The molecule has 1 N–H and O–H groups in total. The van der Waals surface area contributed by atoms with E-state index in [0.717, 1.165) is 49.7 Å². The summed E-state index contributed by atoms with van der Waals surface area (Å²) < 4.78 is 6.12. The van der Waals surface area contributed by atoms with Crippen LogP contribution in [0.1, 0.15) is 87.1 Å². The van der Waals surface area contributed by atoms with E-state index in [-0.39, 0.29) is 23.2 Å². The number of carbonyl (C=O) groups is 1. The summed E-state index contributed by atoms with van der Waals surface area (Å²) in [4.78, 5) is 12.5. The van der Waals surface area contributed by atoms with Gasteiger partial charge in [0.25, 0.3) is 0 Å². The molecule has 6 rings (SSSR count). The van der Waals surface area contributed by atoms with Crippen molar-refractivity contribution >= 4 is 5.78 Å². The Hall–Kier alpha value is -1.09. The molecule has 0 spiro atoms. The van der Waals surface area contributed by atoms with Gasteiger partial charge in [-0.2, -0.15) is 0 Å². The second-order valence-electron chi connectivity index (χ2n) is 11.4. The molecule has 3 nitrogen and oxygen atoms in total. The van der Waals surface area contributed by atoms with Crippen molar-refractivity contribution in [1.29, 1.82) is 0 Å². The molecule has 0 saturated heterocycles. The molecular weight excluding hydrogens is 348 g/mol. The molecule has 0 aromatic carbocycles. The first-order valence-corrected chi connectivity index (χ1v) is 11.7. The normalized spacial score (nSPS) is 47.0. The van der Waals surface area contributed by atoms with Crippen LogP contribution >= 0.6 is 0 Å². The minimum Gasteiger partial charge on any atom is -0.458 e. The average molecular weight is 383 g/mol. The predicted octanol–water partition coefficient (Wildman–Crippen LogP) is 5.19. The fourth-order valence-corrected chi connectivity index (χ4v) is 8.21. The summed E-state index contributed by atoms with van der Waals surface area (Å²) in [6.07, 6.45) is 11.4. The van der Waals surface area contributed by atoms with E-state index in [1.54, 1.807) is 0 Å². The Bertz CT molecular complexity index is 820. The third-order valence-corrected chi connectivity index (χ3v) is 10.1. The van der Waals surface area contributed by atoms with Crippen LogP contribution in [0, 0.1) is 40.4 Å². The maximum Gasteiger partial charge on any atom is 0.201 e. The molecule has 7 atom stereocenters. The average Bonchev–Trinajstić information content (AvgIpc) is 3.37. The number of hydrogen-bond donors (Lipinski definition) is 1. The van der Waals surface area contributed by atoms with Crippen molar-refractivity contribution in [2.45, 2.75) is 84.2 Å². The van der Waals surface area contributed by atoms with Crippen molar-refractivity contribution in [2.75, 3.05) is 0 Å². The zero-order valence-corrected chi connectivity index (χ0v) is 17.4. The molecular formula is C25H34O3. The van der Waals surface area contributed by atoms with Gasteiger partial charge in [0.05, 0.1) is 6.10 Å². The highest BCUT2D eigenvalue weighted by Crippen LogP contribution is 2.65.